The summed E-state index contributed by atoms with van der Waals surface area (Å²) in [6.45, 7) is 1.89. The van der Waals surface area contributed by atoms with Gasteiger partial charge in [0, 0.05) is 10.9 Å². The molecule has 0 spiro atoms. The van der Waals surface area contributed by atoms with Crippen LogP contribution in [0.1, 0.15) is 30.4 Å². The van der Waals surface area contributed by atoms with Gasteiger partial charge in [0.2, 0.25) is 0 Å². The van der Waals surface area contributed by atoms with Crippen molar-refractivity contribution in [3.05, 3.63) is 77.2 Å². The number of rotatable bonds is 6. The summed E-state index contributed by atoms with van der Waals surface area (Å²) in [5.41, 5.74) is 3.95. The lowest BCUT2D eigenvalue weighted by atomic mass is 10.0. The van der Waals surface area contributed by atoms with Crippen molar-refractivity contribution >= 4 is 23.7 Å². The van der Waals surface area contributed by atoms with E-state index in [1.165, 1.54) is 40.8 Å². The second kappa shape index (κ2) is 9.93. The first kappa shape index (κ1) is 19.9. The topological polar surface area (TPSA) is 21.3 Å². The molecule has 1 aromatic heterocycles. The van der Waals surface area contributed by atoms with Gasteiger partial charge in [-0.3, -0.25) is 0 Å². The third-order valence-electron chi connectivity index (χ3n) is 4.95. The zero-order chi connectivity index (χ0) is 17.6. The van der Waals surface area contributed by atoms with Gasteiger partial charge in [-0.15, -0.1) is 23.7 Å². The van der Waals surface area contributed by atoms with Crippen molar-refractivity contribution in [3.8, 4) is 16.2 Å². The highest BCUT2D eigenvalue weighted by Gasteiger charge is 2.12. The van der Waals surface area contributed by atoms with Gasteiger partial charge in [0.1, 0.15) is 12.4 Å². The molecule has 1 unspecified atom stereocenters. The number of piperidine rings is 1. The maximum atomic E-state index is 5.95. The van der Waals surface area contributed by atoms with Gasteiger partial charge < -0.3 is 10.1 Å². The summed E-state index contributed by atoms with van der Waals surface area (Å²) >= 11 is 1.78. The van der Waals surface area contributed by atoms with Crippen molar-refractivity contribution in [1.29, 1.82) is 0 Å². The highest BCUT2D eigenvalue weighted by molar-refractivity contribution is 7.13. The molecule has 4 rings (SSSR count). The fourth-order valence-electron chi connectivity index (χ4n) is 3.43. The molecule has 0 aliphatic carbocycles. The Morgan fingerprint density at radius 2 is 1.67 bits per heavy atom. The summed E-state index contributed by atoms with van der Waals surface area (Å²) in [7, 11) is 0. The molecule has 0 bridgehead atoms. The van der Waals surface area contributed by atoms with E-state index in [1.54, 1.807) is 11.3 Å². The third kappa shape index (κ3) is 5.58. The molecule has 0 amide bonds. The van der Waals surface area contributed by atoms with Crippen LogP contribution in [-0.2, 0) is 6.42 Å². The van der Waals surface area contributed by atoms with Crippen molar-refractivity contribution in [3.63, 3.8) is 0 Å². The number of nitrogens with one attached hydrogen (secondary N) is 1. The summed E-state index contributed by atoms with van der Waals surface area (Å²) in [4.78, 5) is 1.32. The van der Waals surface area contributed by atoms with Crippen LogP contribution >= 0.6 is 23.7 Å². The molecular weight excluding hydrogens is 374 g/mol. The third-order valence-corrected chi connectivity index (χ3v) is 5.87. The van der Waals surface area contributed by atoms with E-state index >= 15 is 0 Å². The summed E-state index contributed by atoms with van der Waals surface area (Å²) in [5.74, 6) is 0.967. The van der Waals surface area contributed by atoms with Crippen LogP contribution in [0, 0.1) is 0 Å². The molecule has 2 heterocycles. The van der Waals surface area contributed by atoms with Crippen molar-refractivity contribution < 1.29 is 4.74 Å². The molecule has 27 heavy (non-hydrogen) atoms. The van der Waals surface area contributed by atoms with Gasteiger partial charge in [0.05, 0.1) is 0 Å². The van der Waals surface area contributed by atoms with Crippen LogP contribution in [-0.4, -0.2) is 19.2 Å². The first-order valence-corrected chi connectivity index (χ1v) is 10.3. The van der Waals surface area contributed by atoms with Gasteiger partial charge in [-0.25, -0.2) is 0 Å². The molecule has 1 fully saturated rings. The van der Waals surface area contributed by atoms with E-state index < -0.39 is 0 Å². The van der Waals surface area contributed by atoms with Crippen LogP contribution in [0.5, 0.6) is 5.75 Å². The minimum atomic E-state index is 0. The molecule has 4 heteroatoms. The fraction of sp³-hybridized carbons (Fsp3) is 0.304. The zero-order valence-electron chi connectivity index (χ0n) is 15.4. The molecule has 142 valence electrons. The van der Waals surface area contributed by atoms with Crippen molar-refractivity contribution in [2.75, 3.05) is 13.2 Å². The van der Waals surface area contributed by atoms with E-state index in [-0.39, 0.29) is 12.4 Å². The first-order chi connectivity index (χ1) is 12.9. The number of benzene rings is 2. The van der Waals surface area contributed by atoms with E-state index in [4.69, 9.17) is 4.74 Å². The van der Waals surface area contributed by atoms with Crippen LogP contribution in [0.15, 0.2) is 66.0 Å². The standard InChI is InChI=1S/C23H25NOS.ClH/c1-2-14-24-21(4-1)17-25-22-12-8-19(9-13-22)16-18-6-10-20(11-7-18)23-5-3-15-26-23;/h3,5-13,15,21,24H,1-2,4,14,16-17H2;1H. The summed E-state index contributed by atoms with van der Waals surface area (Å²) in [5, 5.41) is 5.65. The molecule has 0 saturated carbocycles. The Balaban J connectivity index is 0.00000210. The van der Waals surface area contributed by atoms with Crippen LogP contribution < -0.4 is 10.1 Å². The minimum Gasteiger partial charge on any atom is -0.492 e. The molecule has 1 saturated heterocycles. The van der Waals surface area contributed by atoms with Gasteiger partial charge in [0.15, 0.2) is 0 Å². The molecule has 1 aliphatic heterocycles. The molecule has 1 N–H and O–H groups in total. The van der Waals surface area contributed by atoms with Crippen LogP contribution in [0.4, 0.5) is 0 Å². The van der Waals surface area contributed by atoms with Crippen molar-refractivity contribution in [1.82, 2.24) is 5.32 Å². The largest absolute Gasteiger partial charge is 0.492 e. The highest BCUT2D eigenvalue weighted by atomic mass is 35.5. The molecule has 1 aliphatic rings. The lowest BCUT2D eigenvalue weighted by Gasteiger charge is -2.23. The number of hydrogen-bond donors (Lipinski definition) is 1. The predicted octanol–water partition coefficient (Wildman–Crippen LogP) is 5.95. The smallest absolute Gasteiger partial charge is 0.119 e. The number of ether oxygens (including phenoxy) is 1. The van der Waals surface area contributed by atoms with Crippen molar-refractivity contribution in [2.45, 2.75) is 31.7 Å². The summed E-state index contributed by atoms with van der Waals surface area (Å²) < 4.78 is 5.95. The van der Waals surface area contributed by atoms with E-state index in [9.17, 15) is 0 Å². The van der Waals surface area contributed by atoms with Crippen LogP contribution in [0.3, 0.4) is 0 Å². The van der Waals surface area contributed by atoms with Crippen molar-refractivity contribution in [2.24, 2.45) is 0 Å². The lowest BCUT2D eigenvalue weighted by molar-refractivity contribution is 0.239. The van der Waals surface area contributed by atoms with Crippen LogP contribution in [0.25, 0.3) is 10.4 Å². The predicted molar refractivity (Wildman–Crippen MR) is 117 cm³/mol. The molecule has 0 radical (unpaired) electrons. The lowest BCUT2D eigenvalue weighted by Crippen LogP contribution is -2.38. The average Bonchev–Trinajstić information content (AvgIpc) is 3.24. The zero-order valence-corrected chi connectivity index (χ0v) is 17.0. The van der Waals surface area contributed by atoms with Gasteiger partial charge in [0.25, 0.3) is 0 Å². The quantitative estimate of drug-likeness (QED) is 0.553. The second-order valence-electron chi connectivity index (χ2n) is 6.95. The highest BCUT2D eigenvalue weighted by Crippen LogP contribution is 2.25. The Kier molecular flexibility index (Phi) is 7.33. The molecule has 2 aromatic carbocycles. The molecule has 1 atom stereocenters. The van der Waals surface area contributed by atoms with Gasteiger partial charge >= 0.3 is 0 Å². The van der Waals surface area contributed by atoms with E-state index in [1.807, 2.05) is 0 Å². The summed E-state index contributed by atoms with van der Waals surface area (Å²) in [6.07, 6.45) is 4.78. The Morgan fingerprint density at radius 1 is 0.926 bits per heavy atom. The molecule has 2 nitrogen and oxygen atoms in total. The second-order valence-corrected chi connectivity index (χ2v) is 7.90. The number of hydrogen-bond acceptors (Lipinski definition) is 3. The SMILES string of the molecule is Cl.c1csc(-c2ccc(Cc3ccc(OCC4CCCCN4)cc3)cc2)c1. The Labute approximate surface area is 172 Å². The van der Waals surface area contributed by atoms with E-state index in [2.05, 4.69) is 71.4 Å². The number of thiophene rings is 1. The molecular formula is C23H26ClNOS. The monoisotopic (exact) mass is 399 g/mol. The minimum absolute atomic E-state index is 0. The maximum Gasteiger partial charge on any atom is 0.119 e. The van der Waals surface area contributed by atoms with Crippen LogP contribution in [0.2, 0.25) is 0 Å². The molecule has 3 aromatic rings. The van der Waals surface area contributed by atoms with Gasteiger partial charge in [-0.05, 0) is 66.1 Å². The normalized spacial score (nSPS) is 16.5. The Morgan fingerprint density at radius 3 is 2.30 bits per heavy atom. The Hall–Kier alpha value is -1.81. The maximum absolute atomic E-state index is 5.95. The number of halogens is 1. The van der Waals surface area contributed by atoms with Gasteiger partial charge in [-0.1, -0.05) is 48.9 Å². The average molecular weight is 400 g/mol. The van der Waals surface area contributed by atoms with E-state index in [0.717, 1.165) is 25.3 Å². The fourth-order valence-corrected chi connectivity index (χ4v) is 4.17. The Bertz CT molecular complexity index is 793. The van der Waals surface area contributed by atoms with Gasteiger partial charge in [-0.2, -0.15) is 0 Å². The summed E-state index contributed by atoms with van der Waals surface area (Å²) in [6, 6.07) is 22.2. The first-order valence-electron chi connectivity index (χ1n) is 9.45. The van der Waals surface area contributed by atoms with E-state index in [0.29, 0.717) is 6.04 Å².